The Hall–Kier alpha value is -2.30. The average molecular weight is 207 g/mol. The maximum atomic E-state index is 10.7. The zero-order chi connectivity index (χ0) is 11.4. The van der Waals surface area contributed by atoms with Gasteiger partial charge >= 0.3 is 5.97 Å². The molecule has 4 N–H and O–H groups in total. The van der Waals surface area contributed by atoms with Crippen LogP contribution in [0, 0.1) is 0 Å². The fraction of sp³-hybridized carbons (Fsp3) is 0. The lowest BCUT2D eigenvalue weighted by atomic mass is 10.1. The highest BCUT2D eigenvalue weighted by molar-refractivity contribution is 6.38. The maximum absolute atomic E-state index is 10.7. The van der Waals surface area contributed by atoms with Crippen LogP contribution in [0.15, 0.2) is 30.3 Å². The number of carboxylic acid groups (broad SMARTS) is 1. The van der Waals surface area contributed by atoms with Gasteiger partial charge in [-0.3, -0.25) is 4.79 Å². The zero-order valence-electron chi connectivity index (χ0n) is 7.68. The Morgan fingerprint density at radius 3 is 2.47 bits per heavy atom. The van der Waals surface area contributed by atoms with Crippen LogP contribution in [0.25, 0.3) is 5.76 Å². The molecule has 0 bridgehead atoms. The second-order valence-electron chi connectivity index (χ2n) is 2.82. The summed E-state index contributed by atoms with van der Waals surface area (Å²) in [5.74, 6) is -3.23. The predicted molar refractivity (Wildman–Crippen MR) is 54.1 cm³/mol. The van der Waals surface area contributed by atoms with Crippen LogP contribution >= 0.6 is 0 Å². The number of rotatable bonds is 3. The molecular weight excluding hydrogens is 198 g/mol. The highest BCUT2D eigenvalue weighted by Crippen LogP contribution is 2.14. The van der Waals surface area contributed by atoms with Crippen molar-refractivity contribution in [3.8, 4) is 0 Å². The highest BCUT2D eigenvalue weighted by atomic mass is 16.4. The molecule has 1 aromatic rings. The van der Waals surface area contributed by atoms with Gasteiger partial charge in [0.25, 0.3) is 5.78 Å². The zero-order valence-corrected chi connectivity index (χ0v) is 7.68. The van der Waals surface area contributed by atoms with Gasteiger partial charge in [-0.2, -0.15) is 0 Å². The van der Waals surface area contributed by atoms with Gasteiger partial charge in [-0.15, -0.1) is 0 Å². The molecule has 0 aliphatic rings. The molecule has 15 heavy (non-hydrogen) atoms. The number of carbonyl (C=O) groups is 2. The topological polar surface area (TPSA) is 101 Å². The Balaban J connectivity index is 2.99. The Kier molecular flexibility index (Phi) is 3.07. The van der Waals surface area contributed by atoms with E-state index in [4.69, 9.17) is 10.8 Å². The predicted octanol–water partition coefficient (Wildman–Crippen LogP) is 0.821. The highest BCUT2D eigenvalue weighted by Gasteiger charge is 2.10. The third-order valence-electron chi connectivity index (χ3n) is 1.66. The standard InChI is InChI=1S/C10H9NO4/c11-7-3-1-2-6(4-7)8(12)5-9(13)10(14)15/h1-5,12H,11H2,(H,14,15)/b8-5-. The number of hydrogen-bond acceptors (Lipinski definition) is 4. The van der Waals surface area contributed by atoms with Crippen LogP contribution in [-0.4, -0.2) is 22.0 Å². The summed E-state index contributed by atoms with van der Waals surface area (Å²) in [4.78, 5) is 20.9. The van der Waals surface area contributed by atoms with E-state index in [9.17, 15) is 14.7 Å². The average Bonchev–Trinajstić information content (AvgIpc) is 2.17. The molecule has 0 atom stereocenters. The summed E-state index contributed by atoms with van der Waals surface area (Å²) in [7, 11) is 0. The van der Waals surface area contributed by atoms with E-state index in [0.717, 1.165) is 0 Å². The van der Waals surface area contributed by atoms with E-state index in [0.29, 0.717) is 17.3 Å². The summed E-state index contributed by atoms with van der Waals surface area (Å²) in [5, 5.41) is 17.7. The quantitative estimate of drug-likeness (QED) is 0.295. The number of carbonyl (C=O) groups excluding carboxylic acids is 1. The SMILES string of the molecule is Nc1cccc(/C(O)=C/C(=O)C(=O)O)c1. The van der Waals surface area contributed by atoms with Crippen molar-refractivity contribution in [2.45, 2.75) is 0 Å². The molecule has 0 amide bonds. The molecule has 0 saturated heterocycles. The molecule has 1 rings (SSSR count). The number of anilines is 1. The number of nitrogen functional groups attached to an aromatic ring is 1. The molecule has 0 fully saturated rings. The van der Waals surface area contributed by atoms with E-state index in [-0.39, 0.29) is 0 Å². The summed E-state index contributed by atoms with van der Waals surface area (Å²) in [6.45, 7) is 0. The van der Waals surface area contributed by atoms with Crippen LogP contribution < -0.4 is 5.73 Å². The first-order valence-electron chi connectivity index (χ1n) is 4.04. The van der Waals surface area contributed by atoms with E-state index in [1.165, 1.54) is 12.1 Å². The van der Waals surface area contributed by atoms with Crippen LogP contribution in [-0.2, 0) is 9.59 Å². The van der Waals surface area contributed by atoms with E-state index < -0.39 is 17.5 Å². The van der Waals surface area contributed by atoms with Gasteiger partial charge in [0, 0.05) is 17.3 Å². The van der Waals surface area contributed by atoms with Gasteiger partial charge in [0.1, 0.15) is 5.76 Å². The van der Waals surface area contributed by atoms with E-state index in [1.807, 2.05) is 0 Å². The molecule has 5 heteroatoms. The molecule has 78 valence electrons. The second kappa shape index (κ2) is 4.28. The molecule has 0 aliphatic carbocycles. The Morgan fingerprint density at radius 2 is 1.93 bits per heavy atom. The first kappa shape index (κ1) is 10.8. The summed E-state index contributed by atoms with van der Waals surface area (Å²) < 4.78 is 0. The van der Waals surface area contributed by atoms with Gasteiger partial charge in [0.2, 0.25) is 0 Å². The maximum Gasteiger partial charge on any atom is 0.376 e. The lowest BCUT2D eigenvalue weighted by Crippen LogP contribution is -2.09. The number of aliphatic carboxylic acids is 1. The molecule has 0 saturated carbocycles. The molecule has 0 aromatic heterocycles. The largest absolute Gasteiger partial charge is 0.507 e. The summed E-state index contributed by atoms with van der Waals surface area (Å²) in [6.07, 6.45) is 0.636. The Bertz CT molecular complexity index is 437. The summed E-state index contributed by atoms with van der Waals surface area (Å²) in [5.41, 5.74) is 6.16. The van der Waals surface area contributed by atoms with E-state index >= 15 is 0 Å². The number of aliphatic hydroxyl groups is 1. The lowest BCUT2D eigenvalue weighted by Gasteiger charge is -2.00. The third kappa shape index (κ3) is 2.84. The monoisotopic (exact) mass is 207 g/mol. The van der Waals surface area contributed by atoms with Crippen LogP contribution in [0.4, 0.5) is 5.69 Å². The molecule has 5 nitrogen and oxygen atoms in total. The first-order valence-corrected chi connectivity index (χ1v) is 4.04. The van der Waals surface area contributed by atoms with Crippen molar-refractivity contribution in [1.29, 1.82) is 0 Å². The van der Waals surface area contributed by atoms with Gasteiger partial charge < -0.3 is 15.9 Å². The lowest BCUT2D eigenvalue weighted by molar-refractivity contribution is -0.146. The molecule has 0 heterocycles. The van der Waals surface area contributed by atoms with E-state index in [2.05, 4.69) is 0 Å². The normalized spacial score (nSPS) is 11.1. The first-order chi connectivity index (χ1) is 7.00. The number of benzene rings is 1. The van der Waals surface area contributed by atoms with Crippen molar-refractivity contribution in [1.82, 2.24) is 0 Å². The number of nitrogens with two attached hydrogens (primary N) is 1. The summed E-state index contributed by atoms with van der Waals surface area (Å²) in [6, 6.07) is 6.13. The van der Waals surface area contributed by atoms with Crippen molar-refractivity contribution < 1.29 is 19.8 Å². The Labute approximate surface area is 85.5 Å². The number of ketones is 1. The number of aliphatic hydroxyl groups excluding tert-OH is 1. The number of hydrogen-bond donors (Lipinski definition) is 3. The van der Waals surface area contributed by atoms with Gasteiger partial charge in [-0.05, 0) is 12.1 Å². The van der Waals surface area contributed by atoms with Crippen LogP contribution in [0.3, 0.4) is 0 Å². The fourth-order valence-corrected chi connectivity index (χ4v) is 0.967. The van der Waals surface area contributed by atoms with Crippen LogP contribution in [0.2, 0.25) is 0 Å². The molecule has 1 aromatic carbocycles. The third-order valence-corrected chi connectivity index (χ3v) is 1.66. The minimum Gasteiger partial charge on any atom is -0.507 e. The van der Waals surface area contributed by atoms with Gasteiger partial charge in [-0.25, -0.2) is 4.79 Å². The smallest absolute Gasteiger partial charge is 0.376 e. The minimum atomic E-state index is -1.62. The fourth-order valence-electron chi connectivity index (χ4n) is 0.967. The van der Waals surface area contributed by atoms with Gasteiger partial charge in [-0.1, -0.05) is 12.1 Å². The van der Waals surface area contributed by atoms with Gasteiger partial charge in [0.05, 0.1) is 0 Å². The molecular formula is C10H9NO4. The summed E-state index contributed by atoms with van der Waals surface area (Å²) >= 11 is 0. The van der Waals surface area contributed by atoms with Crippen LogP contribution in [0.1, 0.15) is 5.56 Å². The molecule has 0 aliphatic heterocycles. The second-order valence-corrected chi connectivity index (χ2v) is 2.82. The van der Waals surface area contributed by atoms with Crippen molar-refractivity contribution >= 4 is 23.2 Å². The molecule has 0 radical (unpaired) electrons. The van der Waals surface area contributed by atoms with Crippen molar-refractivity contribution in [2.24, 2.45) is 0 Å². The van der Waals surface area contributed by atoms with E-state index in [1.54, 1.807) is 12.1 Å². The van der Waals surface area contributed by atoms with Gasteiger partial charge in [0.15, 0.2) is 0 Å². The Morgan fingerprint density at radius 1 is 1.27 bits per heavy atom. The van der Waals surface area contributed by atoms with Crippen molar-refractivity contribution in [3.63, 3.8) is 0 Å². The number of carboxylic acids is 1. The van der Waals surface area contributed by atoms with Crippen LogP contribution in [0.5, 0.6) is 0 Å². The van der Waals surface area contributed by atoms with Crippen molar-refractivity contribution in [2.75, 3.05) is 5.73 Å². The molecule has 0 spiro atoms. The van der Waals surface area contributed by atoms with Crippen molar-refractivity contribution in [3.05, 3.63) is 35.9 Å². The minimum absolute atomic E-state index is 0.296. The molecule has 0 unspecified atom stereocenters.